The number of benzene rings is 2. The minimum Gasteiger partial charge on any atom is -0.305 e. The van der Waals surface area contributed by atoms with E-state index in [4.69, 9.17) is 0 Å². The summed E-state index contributed by atoms with van der Waals surface area (Å²) in [5, 5.41) is 14.2. The summed E-state index contributed by atoms with van der Waals surface area (Å²) in [6.07, 6.45) is 2.93. The third kappa shape index (κ3) is 2.81. The lowest BCUT2D eigenvalue weighted by molar-refractivity contribution is 0.551. The smallest absolute Gasteiger partial charge is 0.0798 e. The molecule has 1 unspecified atom stereocenters. The van der Waals surface area contributed by atoms with Crippen molar-refractivity contribution < 1.29 is 0 Å². The average molecular weight is 280 g/mol. The largest absolute Gasteiger partial charge is 0.305 e. The summed E-state index contributed by atoms with van der Waals surface area (Å²) < 4.78 is 1.84. The number of aryl methyl sites for hydroxylation is 1. The van der Waals surface area contributed by atoms with Gasteiger partial charge in [0.25, 0.3) is 0 Å². The highest BCUT2D eigenvalue weighted by molar-refractivity contribution is 5.83. The van der Waals surface area contributed by atoms with Gasteiger partial charge in [-0.1, -0.05) is 48.5 Å². The Morgan fingerprint density at radius 3 is 2.67 bits per heavy atom. The molecule has 0 saturated heterocycles. The van der Waals surface area contributed by atoms with Crippen LogP contribution in [0.1, 0.15) is 30.6 Å². The zero-order valence-corrected chi connectivity index (χ0v) is 12.5. The Hall–Kier alpha value is -2.20. The van der Waals surface area contributed by atoms with Crippen LogP contribution in [-0.4, -0.2) is 21.5 Å². The third-order valence-corrected chi connectivity index (χ3v) is 3.75. The van der Waals surface area contributed by atoms with Gasteiger partial charge in [0, 0.05) is 7.05 Å². The highest BCUT2D eigenvalue weighted by Gasteiger charge is 2.17. The zero-order valence-electron chi connectivity index (χ0n) is 12.5. The predicted octanol–water partition coefficient (Wildman–Crippen LogP) is 3.06. The molecule has 0 bridgehead atoms. The van der Waals surface area contributed by atoms with Crippen LogP contribution in [0.15, 0.2) is 48.7 Å². The molecule has 0 aliphatic carbocycles. The Balaban J connectivity index is 2.03. The van der Waals surface area contributed by atoms with Gasteiger partial charge < -0.3 is 5.32 Å². The number of nitrogens with one attached hydrogen (secondary N) is 1. The Morgan fingerprint density at radius 1 is 1.14 bits per heavy atom. The molecule has 0 aliphatic heterocycles. The molecular weight excluding hydrogens is 260 g/mol. The molecule has 21 heavy (non-hydrogen) atoms. The van der Waals surface area contributed by atoms with E-state index >= 15 is 0 Å². The number of aromatic nitrogens is 3. The first-order valence-electron chi connectivity index (χ1n) is 7.36. The second kappa shape index (κ2) is 6.06. The predicted molar refractivity (Wildman–Crippen MR) is 85.1 cm³/mol. The monoisotopic (exact) mass is 280 g/mol. The van der Waals surface area contributed by atoms with Gasteiger partial charge in [-0.05, 0) is 35.4 Å². The van der Waals surface area contributed by atoms with Crippen LogP contribution in [0.25, 0.3) is 10.8 Å². The van der Waals surface area contributed by atoms with E-state index < -0.39 is 0 Å². The minimum atomic E-state index is 0.120. The van der Waals surface area contributed by atoms with Crippen LogP contribution < -0.4 is 5.32 Å². The van der Waals surface area contributed by atoms with E-state index in [9.17, 15) is 0 Å². The lowest BCUT2D eigenvalue weighted by Crippen LogP contribution is -2.25. The minimum absolute atomic E-state index is 0.120. The van der Waals surface area contributed by atoms with E-state index in [1.807, 2.05) is 17.9 Å². The number of hydrogen-bond donors (Lipinski definition) is 1. The van der Waals surface area contributed by atoms with Crippen molar-refractivity contribution in [1.29, 1.82) is 0 Å². The van der Waals surface area contributed by atoms with Gasteiger partial charge in [0.05, 0.1) is 17.9 Å². The average Bonchev–Trinajstić information content (AvgIpc) is 2.94. The molecular formula is C17H20N4. The fraction of sp³-hybridized carbons (Fsp3) is 0.294. The summed E-state index contributed by atoms with van der Waals surface area (Å²) in [6.45, 7) is 3.13. The van der Waals surface area contributed by atoms with Crippen LogP contribution in [0.3, 0.4) is 0 Å². The van der Waals surface area contributed by atoms with Gasteiger partial charge in [0.2, 0.25) is 0 Å². The Kier molecular flexibility index (Phi) is 3.97. The van der Waals surface area contributed by atoms with Crippen LogP contribution in [-0.2, 0) is 7.05 Å². The van der Waals surface area contributed by atoms with Crippen LogP contribution in [0.2, 0.25) is 0 Å². The molecule has 1 aromatic heterocycles. The first-order chi connectivity index (χ1) is 10.3. The van der Waals surface area contributed by atoms with Gasteiger partial charge in [-0.25, -0.2) is 0 Å². The maximum absolute atomic E-state index is 4.06. The van der Waals surface area contributed by atoms with Gasteiger partial charge in [-0.3, -0.25) is 4.68 Å². The zero-order chi connectivity index (χ0) is 14.7. The first kappa shape index (κ1) is 13.8. The van der Waals surface area contributed by atoms with Crippen LogP contribution in [0.4, 0.5) is 0 Å². The first-order valence-corrected chi connectivity index (χ1v) is 7.36. The van der Waals surface area contributed by atoms with E-state index in [1.165, 1.54) is 16.3 Å². The molecule has 3 aromatic rings. The van der Waals surface area contributed by atoms with Crippen molar-refractivity contribution in [2.75, 3.05) is 6.54 Å². The topological polar surface area (TPSA) is 42.7 Å². The molecule has 0 amide bonds. The maximum Gasteiger partial charge on any atom is 0.0798 e. The van der Waals surface area contributed by atoms with Crippen LogP contribution in [0.5, 0.6) is 0 Å². The van der Waals surface area contributed by atoms with Crippen molar-refractivity contribution >= 4 is 10.8 Å². The van der Waals surface area contributed by atoms with Crippen molar-refractivity contribution in [1.82, 2.24) is 20.3 Å². The second-order valence-electron chi connectivity index (χ2n) is 5.28. The van der Waals surface area contributed by atoms with Crippen LogP contribution in [0, 0.1) is 0 Å². The lowest BCUT2D eigenvalue weighted by atomic mass is 10.00. The molecule has 1 atom stereocenters. The lowest BCUT2D eigenvalue weighted by Gasteiger charge is -2.19. The molecule has 0 fully saturated rings. The number of hydrogen-bond acceptors (Lipinski definition) is 3. The molecule has 4 nitrogen and oxygen atoms in total. The molecule has 0 saturated carbocycles. The Bertz CT molecular complexity index is 732. The normalized spacial score (nSPS) is 12.7. The molecule has 1 N–H and O–H groups in total. The highest BCUT2D eigenvalue weighted by atomic mass is 15.4. The standard InChI is InChI=1S/C17H20N4/c1-3-10-18-17(16-12-19-20-21(16)2)15-9-8-13-6-4-5-7-14(13)11-15/h4-9,11-12,17-18H,3,10H2,1-2H3. The van der Waals surface area contributed by atoms with Crippen molar-refractivity contribution in [3.8, 4) is 0 Å². The van der Waals surface area contributed by atoms with E-state index in [0.717, 1.165) is 18.7 Å². The fourth-order valence-corrected chi connectivity index (χ4v) is 2.63. The Morgan fingerprint density at radius 2 is 1.95 bits per heavy atom. The van der Waals surface area contributed by atoms with Gasteiger partial charge in [-0.2, -0.15) is 0 Å². The SMILES string of the molecule is CCCNC(c1ccc2ccccc2c1)c1cnnn1C. The van der Waals surface area contributed by atoms with E-state index in [0.29, 0.717) is 0 Å². The van der Waals surface area contributed by atoms with Gasteiger partial charge in [0.15, 0.2) is 0 Å². The van der Waals surface area contributed by atoms with E-state index in [2.05, 4.69) is 65.0 Å². The van der Waals surface area contributed by atoms with Crippen LogP contribution >= 0.6 is 0 Å². The summed E-state index contributed by atoms with van der Waals surface area (Å²) in [4.78, 5) is 0. The number of nitrogens with zero attached hydrogens (tertiary/aromatic N) is 3. The molecule has 0 spiro atoms. The molecule has 0 aliphatic rings. The summed E-state index contributed by atoms with van der Waals surface area (Å²) >= 11 is 0. The quantitative estimate of drug-likeness (QED) is 0.781. The number of fused-ring (bicyclic) bond motifs is 1. The van der Waals surface area contributed by atoms with Gasteiger partial charge >= 0.3 is 0 Å². The van der Waals surface area contributed by atoms with Crippen molar-refractivity contribution in [2.45, 2.75) is 19.4 Å². The van der Waals surface area contributed by atoms with Crippen molar-refractivity contribution in [2.24, 2.45) is 7.05 Å². The van der Waals surface area contributed by atoms with Crippen molar-refractivity contribution in [3.63, 3.8) is 0 Å². The summed E-state index contributed by atoms with van der Waals surface area (Å²) in [7, 11) is 1.93. The molecule has 3 rings (SSSR count). The molecule has 0 radical (unpaired) electrons. The van der Waals surface area contributed by atoms with Gasteiger partial charge in [-0.15, -0.1) is 5.10 Å². The van der Waals surface area contributed by atoms with Gasteiger partial charge in [0.1, 0.15) is 0 Å². The van der Waals surface area contributed by atoms with E-state index in [-0.39, 0.29) is 6.04 Å². The summed E-state index contributed by atoms with van der Waals surface area (Å²) in [5.74, 6) is 0. The van der Waals surface area contributed by atoms with Crippen molar-refractivity contribution in [3.05, 3.63) is 59.9 Å². The molecule has 1 heterocycles. The second-order valence-corrected chi connectivity index (χ2v) is 5.28. The third-order valence-electron chi connectivity index (χ3n) is 3.75. The summed E-state index contributed by atoms with van der Waals surface area (Å²) in [6, 6.07) is 15.2. The maximum atomic E-state index is 4.06. The summed E-state index contributed by atoms with van der Waals surface area (Å²) in [5.41, 5.74) is 2.33. The number of rotatable bonds is 5. The molecule has 4 heteroatoms. The Labute approximate surface area is 124 Å². The highest BCUT2D eigenvalue weighted by Crippen LogP contribution is 2.24. The molecule has 2 aromatic carbocycles. The fourth-order valence-electron chi connectivity index (χ4n) is 2.63. The molecule has 108 valence electrons. The van der Waals surface area contributed by atoms with E-state index in [1.54, 1.807) is 0 Å².